The van der Waals surface area contributed by atoms with Crippen molar-refractivity contribution in [2.24, 2.45) is 11.7 Å². The SMILES string of the molecule is Cl.NCCN(CCc1ccccc1)C(=O)CC1CCC1. The fraction of sp³-hybridized carbons (Fsp3) is 0.562. The van der Waals surface area contributed by atoms with Crippen LogP contribution in [0.25, 0.3) is 0 Å². The highest BCUT2D eigenvalue weighted by Gasteiger charge is 2.23. The number of carbonyl (C=O) groups excluding carboxylic acids is 1. The topological polar surface area (TPSA) is 46.3 Å². The standard InChI is InChI=1S/C16H24N2O.ClH/c17-10-12-18(16(19)13-15-7-4-8-15)11-9-14-5-2-1-3-6-14;/h1-3,5-6,15H,4,7-13,17H2;1H. The van der Waals surface area contributed by atoms with Crippen LogP contribution in [0.2, 0.25) is 0 Å². The molecular formula is C16H25ClN2O. The fourth-order valence-corrected chi connectivity index (χ4v) is 2.50. The van der Waals surface area contributed by atoms with Crippen LogP contribution in [0.4, 0.5) is 0 Å². The summed E-state index contributed by atoms with van der Waals surface area (Å²) in [5.41, 5.74) is 6.90. The van der Waals surface area contributed by atoms with E-state index >= 15 is 0 Å². The van der Waals surface area contributed by atoms with Gasteiger partial charge in [-0.3, -0.25) is 4.79 Å². The third-order valence-electron chi connectivity index (χ3n) is 3.95. The molecule has 0 radical (unpaired) electrons. The maximum atomic E-state index is 12.2. The minimum absolute atomic E-state index is 0. The number of rotatable bonds is 7. The molecule has 1 saturated carbocycles. The smallest absolute Gasteiger partial charge is 0.222 e. The summed E-state index contributed by atoms with van der Waals surface area (Å²) in [4.78, 5) is 14.2. The van der Waals surface area contributed by atoms with Crippen LogP contribution in [0.15, 0.2) is 30.3 Å². The van der Waals surface area contributed by atoms with Crippen molar-refractivity contribution >= 4 is 18.3 Å². The Morgan fingerprint density at radius 1 is 1.20 bits per heavy atom. The zero-order valence-corrected chi connectivity index (χ0v) is 12.8. The normalized spacial score (nSPS) is 14.2. The van der Waals surface area contributed by atoms with E-state index in [-0.39, 0.29) is 18.3 Å². The number of benzene rings is 1. The maximum absolute atomic E-state index is 12.2. The molecule has 20 heavy (non-hydrogen) atoms. The Hall–Kier alpha value is -1.06. The summed E-state index contributed by atoms with van der Waals surface area (Å²) in [5.74, 6) is 0.913. The van der Waals surface area contributed by atoms with Crippen molar-refractivity contribution in [1.29, 1.82) is 0 Å². The van der Waals surface area contributed by atoms with Crippen LogP contribution in [-0.4, -0.2) is 30.4 Å². The lowest BCUT2D eigenvalue weighted by atomic mass is 9.82. The van der Waals surface area contributed by atoms with Crippen LogP contribution < -0.4 is 5.73 Å². The monoisotopic (exact) mass is 296 g/mol. The van der Waals surface area contributed by atoms with Gasteiger partial charge in [0.25, 0.3) is 0 Å². The molecule has 1 fully saturated rings. The summed E-state index contributed by atoms with van der Waals surface area (Å²) in [6, 6.07) is 10.3. The molecule has 1 aliphatic carbocycles. The van der Waals surface area contributed by atoms with Crippen molar-refractivity contribution in [3.05, 3.63) is 35.9 Å². The van der Waals surface area contributed by atoms with Gasteiger partial charge < -0.3 is 10.6 Å². The van der Waals surface area contributed by atoms with Gasteiger partial charge in [0.15, 0.2) is 0 Å². The Morgan fingerprint density at radius 3 is 2.45 bits per heavy atom. The molecule has 4 heteroatoms. The van der Waals surface area contributed by atoms with Gasteiger partial charge in [-0.25, -0.2) is 0 Å². The summed E-state index contributed by atoms with van der Waals surface area (Å²) in [5, 5.41) is 0. The number of halogens is 1. The number of carbonyl (C=O) groups is 1. The molecule has 2 rings (SSSR count). The first-order chi connectivity index (χ1) is 9.29. The van der Waals surface area contributed by atoms with E-state index in [0.717, 1.165) is 19.4 Å². The first-order valence-corrected chi connectivity index (χ1v) is 7.31. The van der Waals surface area contributed by atoms with Crippen molar-refractivity contribution in [1.82, 2.24) is 4.90 Å². The Kier molecular flexibility index (Phi) is 7.63. The predicted octanol–water partition coefficient (Wildman–Crippen LogP) is 2.63. The molecule has 1 amide bonds. The van der Waals surface area contributed by atoms with Crippen LogP contribution in [0.5, 0.6) is 0 Å². The largest absolute Gasteiger partial charge is 0.341 e. The minimum atomic E-state index is 0. The molecule has 1 aromatic rings. The molecule has 0 saturated heterocycles. The van der Waals surface area contributed by atoms with Crippen molar-refractivity contribution < 1.29 is 4.79 Å². The lowest BCUT2D eigenvalue weighted by molar-refractivity contribution is -0.132. The molecule has 0 aromatic heterocycles. The van der Waals surface area contributed by atoms with Gasteiger partial charge in [-0.05, 0) is 30.7 Å². The predicted molar refractivity (Wildman–Crippen MR) is 85.0 cm³/mol. The quantitative estimate of drug-likeness (QED) is 0.841. The Bertz CT molecular complexity index is 393. The van der Waals surface area contributed by atoms with Crippen molar-refractivity contribution in [3.8, 4) is 0 Å². The summed E-state index contributed by atoms with van der Waals surface area (Å²) in [6.45, 7) is 2.01. The summed E-state index contributed by atoms with van der Waals surface area (Å²) < 4.78 is 0. The molecule has 2 N–H and O–H groups in total. The van der Waals surface area contributed by atoms with Crippen LogP contribution in [0.3, 0.4) is 0 Å². The van der Waals surface area contributed by atoms with Crippen LogP contribution in [0, 0.1) is 5.92 Å². The second kappa shape index (κ2) is 8.98. The second-order valence-corrected chi connectivity index (χ2v) is 5.41. The molecule has 0 heterocycles. The summed E-state index contributed by atoms with van der Waals surface area (Å²) in [7, 11) is 0. The summed E-state index contributed by atoms with van der Waals surface area (Å²) >= 11 is 0. The molecule has 112 valence electrons. The highest BCUT2D eigenvalue weighted by molar-refractivity contribution is 5.85. The van der Waals surface area contributed by atoms with Crippen LogP contribution >= 0.6 is 12.4 Å². The first-order valence-electron chi connectivity index (χ1n) is 7.31. The minimum Gasteiger partial charge on any atom is -0.341 e. The highest BCUT2D eigenvalue weighted by Crippen LogP contribution is 2.29. The van der Waals surface area contributed by atoms with Crippen molar-refractivity contribution in [2.45, 2.75) is 32.1 Å². The van der Waals surface area contributed by atoms with Gasteiger partial charge >= 0.3 is 0 Å². The van der Waals surface area contributed by atoms with Crippen LogP contribution in [-0.2, 0) is 11.2 Å². The number of hydrogen-bond acceptors (Lipinski definition) is 2. The number of nitrogens with zero attached hydrogens (tertiary/aromatic N) is 1. The van der Waals surface area contributed by atoms with Gasteiger partial charge in [0.05, 0.1) is 0 Å². The van der Waals surface area contributed by atoms with E-state index in [9.17, 15) is 4.79 Å². The molecule has 1 aromatic carbocycles. The zero-order chi connectivity index (χ0) is 13.5. The third kappa shape index (κ3) is 5.14. The Balaban J connectivity index is 0.00000200. The summed E-state index contributed by atoms with van der Waals surface area (Å²) in [6.07, 6.45) is 5.37. The van der Waals surface area contributed by atoms with Crippen LogP contribution in [0.1, 0.15) is 31.2 Å². The first kappa shape index (κ1) is 17.0. The van der Waals surface area contributed by atoms with Gasteiger partial charge in [-0.15, -0.1) is 12.4 Å². The molecule has 0 bridgehead atoms. The molecule has 0 spiro atoms. The van der Waals surface area contributed by atoms with Gasteiger partial charge in [0.1, 0.15) is 0 Å². The fourth-order valence-electron chi connectivity index (χ4n) is 2.50. The number of nitrogens with two attached hydrogens (primary N) is 1. The van der Waals surface area contributed by atoms with E-state index in [0.29, 0.717) is 19.0 Å². The second-order valence-electron chi connectivity index (χ2n) is 5.41. The lowest BCUT2D eigenvalue weighted by Gasteiger charge is -2.29. The number of hydrogen-bond donors (Lipinski definition) is 1. The molecule has 1 aliphatic rings. The van der Waals surface area contributed by atoms with E-state index in [4.69, 9.17) is 5.73 Å². The van der Waals surface area contributed by atoms with E-state index in [1.807, 2.05) is 23.1 Å². The number of amides is 1. The van der Waals surface area contributed by atoms with Gasteiger partial charge in [-0.2, -0.15) is 0 Å². The molecule has 0 aliphatic heterocycles. The average Bonchev–Trinajstić information content (AvgIpc) is 2.39. The molecule has 3 nitrogen and oxygen atoms in total. The van der Waals surface area contributed by atoms with Gasteiger partial charge in [0.2, 0.25) is 5.91 Å². The maximum Gasteiger partial charge on any atom is 0.222 e. The van der Waals surface area contributed by atoms with Gasteiger partial charge in [-0.1, -0.05) is 36.8 Å². The molecule has 0 atom stereocenters. The lowest BCUT2D eigenvalue weighted by Crippen LogP contribution is -2.38. The van der Waals surface area contributed by atoms with Gasteiger partial charge in [0, 0.05) is 26.1 Å². The molecular weight excluding hydrogens is 272 g/mol. The third-order valence-corrected chi connectivity index (χ3v) is 3.95. The van der Waals surface area contributed by atoms with E-state index in [1.165, 1.54) is 24.8 Å². The zero-order valence-electron chi connectivity index (χ0n) is 12.0. The highest BCUT2D eigenvalue weighted by atomic mass is 35.5. The average molecular weight is 297 g/mol. The van der Waals surface area contributed by atoms with Crippen molar-refractivity contribution in [3.63, 3.8) is 0 Å². The Labute approximate surface area is 127 Å². The van der Waals surface area contributed by atoms with E-state index in [2.05, 4.69) is 12.1 Å². The molecule has 0 unspecified atom stereocenters. The van der Waals surface area contributed by atoms with E-state index < -0.39 is 0 Å². The van der Waals surface area contributed by atoms with E-state index in [1.54, 1.807) is 0 Å². The van der Waals surface area contributed by atoms with Crippen molar-refractivity contribution in [2.75, 3.05) is 19.6 Å². The Morgan fingerprint density at radius 2 is 1.90 bits per heavy atom.